The van der Waals surface area contributed by atoms with Crippen LogP contribution in [-0.2, 0) is 7.05 Å². The van der Waals surface area contributed by atoms with Crippen LogP contribution >= 0.6 is 15.9 Å². The van der Waals surface area contributed by atoms with Gasteiger partial charge in [-0.25, -0.2) is 4.68 Å². The number of benzene rings is 1. The molecule has 2 rings (SSSR count). The van der Waals surface area contributed by atoms with Crippen molar-refractivity contribution in [2.24, 2.45) is 7.05 Å². The molecule has 0 fully saturated rings. The van der Waals surface area contributed by atoms with Gasteiger partial charge in [-0.05, 0) is 35.0 Å². The summed E-state index contributed by atoms with van der Waals surface area (Å²) in [7, 11) is 1.87. The van der Waals surface area contributed by atoms with Crippen LogP contribution in [0.3, 0.4) is 0 Å². The molecule has 15 heavy (non-hydrogen) atoms. The van der Waals surface area contributed by atoms with Gasteiger partial charge in [0.25, 0.3) is 5.56 Å². The number of hydrogen-bond acceptors (Lipinski definition) is 1. The van der Waals surface area contributed by atoms with E-state index in [9.17, 15) is 4.79 Å². The third kappa shape index (κ3) is 1.55. The number of hydrogen-bond donors (Lipinski definition) is 0. The number of halogens is 1. The van der Waals surface area contributed by atoms with E-state index >= 15 is 0 Å². The summed E-state index contributed by atoms with van der Waals surface area (Å²) in [6, 6.07) is 9.58. The van der Waals surface area contributed by atoms with Crippen molar-refractivity contribution in [2.45, 2.75) is 6.92 Å². The lowest BCUT2D eigenvalue weighted by Crippen LogP contribution is -2.19. The van der Waals surface area contributed by atoms with Crippen molar-refractivity contribution in [3.05, 3.63) is 50.9 Å². The Morgan fingerprint density at radius 3 is 2.27 bits per heavy atom. The second-order valence-corrected chi connectivity index (χ2v) is 4.17. The van der Waals surface area contributed by atoms with E-state index in [4.69, 9.17) is 0 Å². The Morgan fingerprint density at radius 1 is 1.20 bits per heavy atom. The van der Waals surface area contributed by atoms with Crippen LogP contribution in [0.4, 0.5) is 0 Å². The van der Waals surface area contributed by atoms with Crippen molar-refractivity contribution >= 4 is 15.9 Å². The average Bonchev–Trinajstić information content (AvgIpc) is 2.45. The third-order valence-corrected chi connectivity index (χ3v) is 3.40. The molecule has 1 aromatic heterocycles. The van der Waals surface area contributed by atoms with E-state index in [0.29, 0.717) is 4.47 Å². The Kier molecular flexibility index (Phi) is 2.52. The molecule has 1 heterocycles. The van der Waals surface area contributed by atoms with E-state index in [1.165, 1.54) is 0 Å². The van der Waals surface area contributed by atoms with Crippen molar-refractivity contribution in [1.82, 2.24) is 9.36 Å². The van der Waals surface area contributed by atoms with Crippen LogP contribution in [-0.4, -0.2) is 9.36 Å². The fourth-order valence-electron chi connectivity index (χ4n) is 1.54. The molecule has 78 valence electrons. The van der Waals surface area contributed by atoms with Gasteiger partial charge < -0.3 is 0 Å². The molecular formula is C11H11BrN2O. The lowest BCUT2D eigenvalue weighted by Gasteiger charge is -2.07. The Balaban J connectivity index is 2.75. The Bertz CT molecular complexity index is 540. The average molecular weight is 267 g/mol. The first-order valence-corrected chi connectivity index (χ1v) is 5.41. The molecule has 0 radical (unpaired) electrons. The highest BCUT2D eigenvalue weighted by Crippen LogP contribution is 2.13. The summed E-state index contributed by atoms with van der Waals surface area (Å²) in [6.45, 7) is 1.91. The number of rotatable bonds is 1. The quantitative estimate of drug-likeness (QED) is 0.778. The largest absolute Gasteiger partial charge is 0.285 e. The van der Waals surface area contributed by atoms with Gasteiger partial charge in [0.05, 0.1) is 11.4 Å². The predicted molar refractivity (Wildman–Crippen MR) is 63.4 cm³/mol. The minimum absolute atomic E-state index is 0.0267. The van der Waals surface area contributed by atoms with Gasteiger partial charge in [0.2, 0.25) is 0 Å². The van der Waals surface area contributed by atoms with E-state index in [2.05, 4.69) is 15.9 Å². The van der Waals surface area contributed by atoms with E-state index in [-0.39, 0.29) is 5.56 Å². The SMILES string of the molecule is Cc1c(Br)c(=O)n(-c2ccccc2)n1C. The topological polar surface area (TPSA) is 26.9 Å². The van der Waals surface area contributed by atoms with Crippen molar-refractivity contribution in [3.8, 4) is 5.69 Å². The van der Waals surface area contributed by atoms with Crippen molar-refractivity contribution in [2.75, 3.05) is 0 Å². The summed E-state index contributed by atoms with van der Waals surface area (Å²) in [5, 5.41) is 0. The van der Waals surface area contributed by atoms with Crippen molar-refractivity contribution in [1.29, 1.82) is 0 Å². The molecule has 3 nitrogen and oxygen atoms in total. The fraction of sp³-hybridized carbons (Fsp3) is 0.182. The predicted octanol–water partition coefficient (Wildman–Crippen LogP) is 2.25. The van der Waals surface area contributed by atoms with Gasteiger partial charge in [-0.15, -0.1) is 0 Å². The lowest BCUT2D eigenvalue weighted by atomic mass is 10.3. The summed E-state index contributed by atoms with van der Waals surface area (Å²) in [5.74, 6) is 0. The monoisotopic (exact) mass is 266 g/mol. The zero-order chi connectivity index (χ0) is 11.0. The van der Waals surface area contributed by atoms with Gasteiger partial charge in [0.1, 0.15) is 4.47 Å². The highest BCUT2D eigenvalue weighted by atomic mass is 79.9. The third-order valence-electron chi connectivity index (χ3n) is 2.48. The molecule has 0 aliphatic rings. The van der Waals surface area contributed by atoms with Gasteiger partial charge in [0.15, 0.2) is 0 Å². The summed E-state index contributed by atoms with van der Waals surface area (Å²) in [4.78, 5) is 11.9. The van der Waals surface area contributed by atoms with Gasteiger partial charge in [0, 0.05) is 7.05 Å². The Morgan fingerprint density at radius 2 is 1.80 bits per heavy atom. The van der Waals surface area contributed by atoms with E-state index in [1.54, 1.807) is 4.68 Å². The zero-order valence-electron chi connectivity index (χ0n) is 8.57. The molecule has 1 aromatic carbocycles. The Hall–Kier alpha value is -1.29. The standard InChI is InChI=1S/C11H11BrN2O/c1-8-10(12)11(15)14(13(8)2)9-6-4-3-5-7-9/h3-7H,1-2H3. The van der Waals surface area contributed by atoms with Crippen LogP contribution in [0.25, 0.3) is 5.69 Å². The fourth-order valence-corrected chi connectivity index (χ4v) is 1.96. The number of para-hydroxylation sites is 1. The van der Waals surface area contributed by atoms with Crippen LogP contribution in [0.2, 0.25) is 0 Å². The summed E-state index contributed by atoms with van der Waals surface area (Å²) < 4.78 is 4.09. The molecule has 0 N–H and O–H groups in total. The normalized spacial score (nSPS) is 10.6. The second kappa shape index (κ2) is 3.70. The molecule has 0 atom stereocenters. The summed E-state index contributed by atoms with van der Waals surface area (Å²) >= 11 is 3.29. The molecule has 0 aliphatic heterocycles. The van der Waals surface area contributed by atoms with Gasteiger partial charge in [-0.3, -0.25) is 9.48 Å². The molecule has 0 amide bonds. The molecule has 0 saturated carbocycles. The smallest absolute Gasteiger partial charge is 0.284 e. The minimum Gasteiger partial charge on any atom is -0.284 e. The molecule has 0 unspecified atom stereocenters. The van der Waals surface area contributed by atoms with Crippen LogP contribution in [0.15, 0.2) is 39.6 Å². The van der Waals surface area contributed by atoms with Crippen LogP contribution in [0.1, 0.15) is 5.69 Å². The molecule has 2 aromatic rings. The highest BCUT2D eigenvalue weighted by molar-refractivity contribution is 9.10. The van der Waals surface area contributed by atoms with Crippen molar-refractivity contribution in [3.63, 3.8) is 0 Å². The minimum atomic E-state index is -0.0267. The number of nitrogens with zero attached hydrogens (tertiary/aromatic N) is 2. The van der Waals surface area contributed by atoms with Crippen LogP contribution in [0, 0.1) is 6.92 Å². The van der Waals surface area contributed by atoms with Crippen LogP contribution in [0.5, 0.6) is 0 Å². The molecular weight excluding hydrogens is 256 g/mol. The zero-order valence-corrected chi connectivity index (χ0v) is 10.2. The van der Waals surface area contributed by atoms with E-state index < -0.39 is 0 Å². The Labute approximate surface area is 96.1 Å². The molecule has 0 spiro atoms. The van der Waals surface area contributed by atoms with E-state index in [1.807, 2.05) is 49.0 Å². The highest BCUT2D eigenvalue weighted by Gasteiger charge is 2.12. The summed E-state index contributed by atoms with van der Waals surface area (Å²) in [6.07, 6.45) is 0. The van der Waals surface area contributed by atoms with Gasteiger partial charge in [-0.2, -0.15) is 0 Å². The first-order valence-electron chi connectivity index (χ1n) is 4.62. The molecule has 4 heteroatoms. The molecule has 0 bridgehead atoms. The first-order chi connectivity index (χ1) is 7.13. The first kappa shape index (κ1) is 10.2. The maximum Gasteiger partial charge on any atom is 0.285 e. The van der Waals surface area contributed by atoms with Gasteiger partial charge in [-0.1, -0.05) is 18.2 Å². The van der Waals surface area contributed by atoms with Crippen molar-refractivity contribution < 1.29 is 0 Å². The second-order valence-electron chi connectivity index (χ2n) is 3.38. The van der Waals surface area contributed by atoms with Gasteiger partial charge >= 0.3 is 0 Å². The maximum absolute atomic E-state index is 11.9. The van der Waals surface area contributed by atoms with E-state index in [0.717, 1.165) is 11.4 Å². The summed E-state index contributed by atoms with van der Waals surface area (Å²) in [5.41, 5.74) is 1.77. The van der Waals surface area contributed by atoms with Crippen LogP contribution < -0.4 is 5.56 Å². The maximum atomic E-state index is 11.9. The molecule has 0 aliphatic carbocycles. The lowest BCUT2D eigenvalue weighted by molar-refractivity contribution is 0.630. The molecule has 0 saturated heterocycles. The number of aromatic nitrogens is 2.